The molecular formula is C30H43N3O7. The first-order valence-corrected chi connectivity index (χ1v) is 15.1. The molecule has 0 aromatic rings. The van der Waals surface area contributed by atoms with Crippen molar-refractivity contribution in [1.82, 2.24) is 15.1 Å². The number of nitrogens with zero attached hydrogens (tertiary/aromatic N) is 2. The predicted octanol–water partition coefficient (Wildman–Crippen LogP) is 1.86. The lowest BCUT2D eigenvalue weighted by molar-refractivity contribution is -0.159. The first-order chi connectivity index (χ1) is 19.4. The second kappa shape index (κ2) is 12.4. The first-order valence-electron chi connectivity index (χ1n) is 15.1. The number of unbranched alkanes of at least 4 members (excludes halogenated alkanes) is 2. The first kappa shape index (κ1) is 28.8. The Labute approximate surface area is 236 Å². The summed E-state index contributed by atoms with van der Waals surface area (Å²) in [5, 5.41) is 12.0. The Kier molecular flexibility index (Phi) is 8.95. The number of carbonyl (C=O) groups is 4. The van der Waals surface area contributed by atoms with E-state index < -0.39 is 41.7 Å². The summed E-state index contributed by atoms with van der Waals surface area (Å²) < 4.78 is 12.5. The van der Waals surface area contributed by atoms with Gasteiger partial charge >= 0.3 is 5.97 Å². The van der Waals surface area contributed by atoms with Crippen molar-refractivity contribution in [1.29, 1.82) is 0 Å². The highest BCUT2D eigenvalue weighted by Gasteiger charge is 2.71. The summed E-state index contributed by atoms with van der Waals surface area (Å²) in [6.07, 6.45) is 14.0. The molecule has 3 fully saturated rings. The van der Waals surface area contributed by atoms with Crippen molar-refractivity contribution in [2.75, 3.05) is 26.2 Å². The molecule has 4 heterocycles. The second-order valence-electron chi connectivity index (χ2n) is 11.9. The highest BCUT2D eigenvalue weighted by atomic mass is 16.6. The maximum absolute atomic E-state index is 14.4. The number of amides is 3. The van der Waals surface area contributed by atoms with Gasteiger partial charge in [0.15, 0.2) is 0 Å². The smallest absolute Gasteiger partial charge is 0.313 e. The van der Waals surface area contributed by atoms with E-state index in [0.717, 1.165) is 32.1 Å². The maximum atomic E-state index is 14.4. The van der Waals surface area contributed by atoms with E-state index in [1.807, 2.05) is 23.1 Å². The lowest BCUT2D eigenvalue weighted by atomic mass is 9.77. The van der Waals surface area contributed by atoms with Crippen LogP contribution < -0.4 is 5.32 Å². The monoisotopic (exact) mass is 557 g/mol. The summed E-state index contributed by atoms with van der Waals surface area (Å²) in [6, 6.07) is -0.748. The SMILES string of the molecule is C[C@H]1CNC(=O)CC/C=C\[C@@H]2O[C@@]34C=CCN(C5CCCCC5)C(=O)[C@@H]3N(CCCCCO)C(=O)[C@H]4[C@@H]2C(=O)O1. The fourth-order valence-electron chi connectivity index (χ4n) is 7.21. The molecule has 10 heteroatoms. The number of carbonyl (C=O) groups excluding carboxylic acids is 4. The number of aliphatic hydroxyl groups is 1. The van der Waals surface area contributed by atoms with Gasteiger partial charge in [-0.3, -0.25) is 19.2 Å². The summed E-state index contributed by atoms with van der Waals surface area (Å²) in [4.78, 5) is 58.0. The third-order valence-corrected chi connectivity index (χ3v) is 9.14. The van der Waals surface area contributed by atoms with Crippen molar-refractivity contribution in [3.05, 3.63) is 24.3 Å². The maximum Gasteiger partial charge on any atom is 0.313 e. The number of hydrogen-bond donors (Lipinski definition) is 2. The van der Waals surface area contributed by atoms with Crippen LogP contribution in [-0.2, 0) is 28.7 Å². The van der Waals surface area contributed by atoms with Crippen LogP contribution in [0.15, 0.2) is 24.3 Å². The number of esters is 1. The number of hydrogen-bond acceptors (Lipinski definition) is 7. The van der Waals surface area contributed by atoms with Gasteiger partial charge in [0.05, 0.1) is 18.6 Å². The molecule has 6 atom stereocenters. The van der Waals surface area contributed by atoms with Gasteiger partial charge in [0.25, 0.3) is 0 Å². The highest BCUT2D eigenvalue weighted by molar-refractivity contribution is 5.99. The zero-order valence-corrected chi connectivity index (χ0v) is 23.5. The van der Waals surface area contributed by atoms with Crippen molar-refractivity contribution in [2.24, 2.45) is 11.8 Å². The molecule has 40 heavy (non-hydrogen) atoms. The molecule has 0 radical (unpaired) electrons. The van der Waals surface area contributed by atoms with Crippen LogP contribution in [0.5, 0.6) is 0 Å². The van der Waals surface area contributed by atoms with Gasteiger partial charge in [0.1, 0.15) is 23.7 Å². The topological polar surface area (TPSA) is 125 Å². The molecule has 1 spiro atoms. The number of nitrogens with one attached hydrogen (secondary N) is 1. The predicted molar refractivity (Wildman–Crippen MR) is 146 cm³/mol. The van der Waals surface area contributed by atoms with E-state index in [9.17, 15) is 24.3 Å². The minimum Gasteiger partial charge on any atom is -0.460 e. The molecular weight excluding hydrogens is 514 g/mol. The van der Waals surface area contributed by atoms with Crippen molar-refractivity contribution < 1.29 is 33.8 Å². The molecule has 0 aromatic carbocycles. The van der Waals surface area contributed by atoms with Gasteiger partial charge in [-0.25, -0.2) is 0 Å². The Morgan fingerprint density at radius 3 is 2.62 bits per heavy atom. The average Bonchev–Trinajstić information content (AvgIpc) is 3.32. The van der Waals surface area contributed by atoms with Gasteiger partial charge in [-0.05, 0) is 45.4 Å². The molecule has 5 rings (SSSR count). The van der Waals surface area contributed by atoms with E-state index in [2.05, 4.69) is 5.32 Å². The molecule has 10 nitrogen and oxygen atoms in total. The van der Waals surface area contributed by atoms with Crippen LogP contribution in [0.1, 0.15) is 71.1 Å². The fourth-order valence-corrected chi connectivity index (χ4v) is 7.21. The van der Waals surface area contributed by atoms with Crippen LogP contribution >= 0.6 is 0 Å². The molecule has 5 aliphatic rings. The zero-order valence-electron chi connectivity index (χ0n) is 23.5. The summed E-state index contributed by atoms with van der Waals surface area (Å²) in [5.74, 6) is -2.86. The summed E-state index contributed by atoms with van der Waals surface area (Å²) in [5.41, 5.74) is -1.29. The van der Waals surface area contributed by atoms with Gasteiger partial charge < -0.3 is 29.7 Å². The summed E-state index contributed by atoms with van der Waals surface area (Å²) >= 11 is 0. The largest absolute Gasteiger partial charge is 0.460 e. The molecule has 0 unspecified atom stereocenters. The molecule has 2 saturated heterocycles. The summed E-state index contributed by atoms with van der Waals surface area (Å²) in [6.45, 7) is 2.78. The molecule has 220 valence electrons. The van der Waals surface area contributed by atoms with Crippen molar-refractivity contribution in [2.45, 2.75) is 101 Å². The minimum atomic E-state index is -1.29. The number of fused-ring (bicyclic) bond motifs is 2. The Morgan fingerprint density at radius 1 is 1.05 bits per heavy atom. The molecule has 4 aliphatic heterocycles. The Morgan fingerprint density at radius 2 is 1.85 bits per heavy atom. The Hall–Kier alpha value is -2.72. The zero-order chi connectivity index (χ0) is 28.3. The van der Waals surface area contributed by atoms with Gasteiger partial charge in [-0.2, -0.15) is 0 Å². The molecule has 1 saturated carbocycles. The molecule has 0 aromatic heterocycles. The Balaban J connectivity index is 1.52. The van der Waals surface area contributed by atoms with Crippen LogP contribution in [0, 0.1) is 11.8 Å². The van der Waals surface area contributed by atoms with E-state index >= 15 is 0 Å². The van der Waals surface area contributed by atoms with Gasteiger partial charge in [-0.15, -0.1) is 0 Å². The van der Waals surface area contributed by atoms with E-state index in [-0.39, 0.29) is 36.9 Å². The number of likely N-dealkylation sites (tertiary alicyclic amines) is 1. The standard InChI is InChI=1S/C30H43N3O7/c1-20-19-31-23(35)14-7-6-13-22-24(29(38)39-20)25-27(36)33(16-8-3-9-18-34)26-28(37)32(21-11-4-2-5-12-21)17-10-15-30(25,26)40-22/h6,10,13,15,20-22,24-26,34H,2-5,7-9,11-12,14,16-19H2,1H3,(H,31,35)/b13-6-/t20-,22-,24+,25+,26-,30+/m0/s1. The van der Waals surface area contributed by atoms with Crippen molar-refractivity contribution in [3.8, 4) is 0 Å². The lowest BCUT2D eigenvalue weighted by Crippen LogP contribution is -2.57. The molecule has 1 aliphatic carbocycles. The van der Waals surface area contributed by atoms with Crippen LogP contribution in [0.4, 0.5) is 0 Å². The van der Waals surface area contributed by atoms with Crippen molar-refractivity contribution in [3.63, 3.8) is 0 Å². The fraction of sp³-hybridized carbons (Fsp3) is 0.733. The third kappa shape index (κ3) is 5.44. The van der Waals surface area contributed by atoms with Gasteiger partial charge in [-0.1, -0.05) is 43.6 Å². The molecule has 0 bridgehead atoms. The van der Waals surface area contributed by atoms with Crippen LogP contribution in [0.2, 0.25) is 0 Å². The van der Waals surface area contributed by atoms with Gasteiger partial charge in [0.2, 0.25) is 17.7 Å². The molecule has 2 N–H and O–H groups in total. The lowest BCUT2D eigenvalue weighted by Gasteiger charge is -2.39. The minimum absolute atomic E-state index is 0.0741. The number of allylic oxidation sites excluding steroid dienone is 1. The second-order valence-corrected chi connectivity index (χ2v) is 11.9. The number of rotatable bonds is 6. The Bertz CT molecular complexity index is 1040. The van der Waals surface area contributed by atoms with Crippen LogP contribution in [0.25, 0.3) is 0 Å². The van der Waals surface area contributed by atoms with E-state index in [4.69, 9.17) is 9.47 Å². The van der Waals surface area contributed by atoms with E-state index in [1.54, 1.807) is 17.9 Å². The normalized spacial score (nSPS) is 36.1. The molecule has 3 amide bonds. The quantitative estimate of drug-likeness (QED) is 0.290. The summed E-state index contributed by atoms with van der Waals surface area (Å²) in [7, 11) is 0. The average molecular weight is 558 g/mol. The van der Waals surface area contributed by atoms with E-state index in [1.165, 1.54) is 6.42 Å². The van der Waals surface area contributed by atoms with Crippen LogP contribution in [0.3, 0.4) is 0 Å². The third-order valence-electron chi connectivity index (χ3n) is 9.14. The number of cyclic esters (lactones) is 1. The number of aliphatic hydroxyl groups excluding tert-OH is 1. The van der Waals surface area contributed by atoms with E-state index in [0.29, 0.717) is 38.8 Å². The number of ether oxygens (including phenoxy) is 2. The van der Waals surface area contributed by atoms with Crippen LogP contribution in [-0.4, -0.2) is 94.7 Å². The van der Waals surface area contributed by atoms with Crippen molar-refractivity contribution >= 4 is 23.7 Å². The van der Waals surface area contributed by atoms with Gasteiger partial charge in [0, 0.05) is 32.2 Å². The highest BCUT2D eigenvalue weighted by Crippen LogP contribution is 2.53.